The van der Waals surface area contributed by atoms with Crippen molar-refractivity contribution in [2.45, 2.75) is 32.2 Å². The minimum absolute atomic E-state index is 0.305. The molecule has 0 aliphatic heterocycles. The summed E-state index contributed by atoms with van der Waals surface area (Å²) in [6.45, 7) is 6.08. The molecular formula is C17H22O4. The van der Waals surface area contributed by atoms with Gasteiger partial charge in [0.1, 0.15) is 0 Å². The molecule has 0 aromatic heterocycles. The van der Waals surface area contributed by atoms with E-state index in [4.69, 9.17) is 9.47 Å². The minimum Gasteiger partial charge on any atom is -0.463 e. The van der Waals surface area contributed by atoms with Gasteiger partial charge in [-0.05, 0) is 25.0 Å². The van der Waals surface area contributed by atoms with Crippen molar-refractivity contribution in [1.29, 1.82) is 0 Å². The molecule has 0 radical (unpaired) electrons. The van der Waals surface area contributed by atoms with Crippen molar-refractivity contribution in [2.75, 3.05) is 6.61 Å². The quantitative estimate of drug-likeness (QED) is 0.431. The summed E-state index contributed by atoms with van der Waals surface area (Å²) in [6, 6.07) is 9.69. The Morgan fingerprint density at radius 3 is 2.71 bits per heavy atom. The molecule has 2 atom stereocenters. The first-order valence-corrected chi connectivity index (χ1v) is 6.96. The minimum atomic E-state index is -0.892. The third-order valence-corrected chi connectivity index (χ3v) is 2.80. The van der Waals surface area contributed by atoms with Gasteiger partial charge in [0.05, 0.1) is 25.4 Å². The largest absolute Gasteiger partial charge is 0.463 e. The van der Waals surface area contributed by atoms with E-state index in [1.165, 1.54) is 12.2 Å². The fourth-order valence-electron chi connectivity index (χ4n) is 1.74. The molecule has 21 heavy (non-hydrogen) atoms. The second-order valence-corrected chi connectivity index (χ2v) is 4.46. The summed E-state index contributed by atoms with van der Waals surface area (Å²) in [4.78, 5) is 11.2. The van der Waals surface area contributed by atoms with Gasteiger partial charge in [0.2, 0.25) is 0 Å². The van der Waals surface area contributed by atoms with E-state index in [-0.39, 0.29) is 0 Å². The molecular weight excluding hydrogens is 268 g/mol. The zero-order chi connectivity index (χ0) is 15.5. The molecule has 0 saturated carbocycles. The molecule has 0 amide bonds. The highest BCUT2D eigenvalue weighted by molar-refractivity contribution is 5.81. The Kier molecular flexibility index (Phi) is 8.09. The highest BCUT2D eigenvalue weighted by Gasteiger charge is 2.16. The van der Waals surface area contributed by atoms with Crippen LogP contribution in [0.15, 0.2) is 55.1 Å². The lowest BCUT2D eigenvalue weighted by Gasteiger charge is -2.20. The van der Waals surface area contributed by atoms with Crippen LogP contribution in [0.4, 0.5) is 0 Å². The average Bonchev–Trinajstić information content (AvgIpc) is 2.50. The predicted molar refractivity (Wildman–Crippen MR) is 81.6 cm³/mol. The van der Waals surface area contributed by atoms with Crippen molar-refractivity contribution < 1.29 is 19.4 Å². The normalized spacial score (nSPS) is 13.8. The summed E-state index contributed by atoms with van der Waals surface area (Å²) in [7, 11) is 0. The van der Waals surface area contributed by atoms with Crippen molar-refractivity contribution in [3.05, 3.63) is 60.7 Å². The zero-order valence-corrected chi connectivity index (χ0v) is 12.3. The van der Waals surface area contributed by atoms with Gasteiger partial charge in [-0.2, -0.15) is 0 Å². The second-order valence-electron chi connectivity index (χ2n) is 4.46. The van der Waals surface area contributed by atoms with Crippen molar-refractivity contribution in [3.63, 3.8) is 0 Å². The van der Waals surface area contributed by atoms with Gasteiger partial charge in [-0.3, -0.25) is 0 Å². The van der Waals surface area contributed by atoms with E-state index in [1.807, 2.05) is 30.3 Å². The SMILES string of the molecule is C=CC[C@H](OCc1ccccc1)[C@H](O)/C=C/C(=O)OCC. The number of ether oxygens (including phenoxy) is 2. The standard InChI is InChI=1S/C17H22O4/c1-3-8-16(15(18)11-12-17(19)20-4-2)21-13-14-9-6-5-7-10-14/h3,5-7,9-12,15-16,18H,1,4,8,13H2,2H3/b12-11+/t15-,16+/m1/s1. The fraction of sp³-hybridized carbons (Fsp3) is 0.353. The Labute approximate surface area is 125 Å². The molecule has 0 bridgehead atoms. The van der Waals surface area contributed by atoms with E-state index in [1.54, 1.807) is 13.0 Å². The molecule has 0 aliphatic carbocycles. The van der Waals surface area contributed by atoms with Crippen molar-refractivity contribution in [2.24, 2.45) is 0 Å². The lowest BCUT2D eigenvalue weighted by molar-refractivity contribution is -0.137. The monoisotopic (exact) mass is 290 g/mol. The number of hydrogen-bond acceptors (Lipinski definition) is 4. The van der Waals surface area contributed by atoms with Gasteiger partial charge in [0.15, 0.2) is 0 Å². The van der Waals surface area contributed by atoms with E-state index in [9.17, 15) is 9.90 Å². The molecule has 0 fully saturated rings. The highest BCUT2D eigenvalue weighted by atomic mass is 16.5. The van der Waals surface area contributed by atoms with Crippen LogP contribution >= 0.6 is 0 Å². The molecule has 0 heterocycles. The molecule has 0 saturated heterocycles. The van der Waals surface area contributed by atoms with E-state index in [0.717, 1.165) is 5.56 Å². The van der Waals surface area contributed by atoms with Crippen LogP contribution in [-0.4, -0.2) is 29.9 Å². The number of hydrogen-bond donors (Lipinski definition) is 1. The van der Waals surface area contributed by atoms with Gasteiger partial charge in [0.25, 0.3) is 0 Å². The first-order chi connectivity index (χ1) is 10.2. The zero-order valence-electron chi connectivity index (χ0n) is 12.3. The molecule has 0 spiro atoms. The smallest absolute Gasteiger partial charge is 0.330 e. The van der Waals surface area contributed by atoms with Gasteiger partial charge >= 0.3 is 5.97 Å². The van der Waals surface area contributed by atoms with Crippen LogP contribution in [0, 0.1) is 0 Å². The van der Waals surface area contributed by atoms with Crippen LogP contribution in [0.25, 0.3) is 0 Å². The number of aliphatic hydroxyl groups is 1. The van der Waals surface area contributed by atoms with Crippen LogP contribution in [0.1, 0.15) is 18.9 Å². The van der Waals surface area contributed by atoms with Gasteiger partial charge < -0.3 is 14.6 Å². The maximum Gasteiger partial charge on any atom is 0.330 e. The van der Waals surface area contributed by atoms with Gasteiger partial charge in [0, 0.05) is 6.08 Å². The lowest BCUT2D eigenvalue weighted by atomic mass is 10.1. The van der Waals surface area contributed by atoms with Crippen LogP contribution in [-0.2, 0) is 20.9 Å². The number of aliphatic hydroxyl groups excluding tert-OH is 1. The Hall–Kier alpha value is -1.91. The van der Waals surface area contributed by atoms with E-state index >= 15 is 0 Å². The van der Waals surface area contributed by atoms with Crippen molar-refractivity contribution >= 4 is 5.97 Å². The van der Waals surface area contributed by atoms with Crippen molar-refractivity contribution in [1.82, 2.24) is 0 Å². The molecule has 0 unspecified atom stereocenters. The molecule has 4 nitrogen and oxygen atoms in total. The summed E-state index contributed by atoms with van der Waals surface area (Å²) >= 11 is 0. The molecule has 114 valence electrons. The Balaban J connectivity index is 2.55. The van der Waals surface area contributed by atoms with Crippen LogP contribution < -0.4 is 0 Å². The number of carbonyl (C=O) groups excluding carboxylic acids is 1. The third kappa shape index (κ3) is 6.88. The maximum absolute atomic E-state index is 11.2. The van der Waals surface area contributed by atoms with Gasteiger partial charge in [-0.15, -0.1) is 6.58 Å². The van der Waals surface area contributed by atoms with Crippen LogP contribution in [0.2, 0.25) is 0 Å². The maximum atomic E-state index is 11.2. The highest BCUT2D eigenvalue weighted by Crippen LogP contribution is 2.11. The third-order valence-electron chi connectivity index (χ3n) is 2.80. The molecule has 1 aromatic rings. The van der Waals surface area contributed by atoms with Gasteiger partial charge in [-0.1, -0.05) is 36.4 Å². The van der Waals surface area contributed by atoms with E-state index in [0.29, 0.717) is 19.6 Å². The number of carbonyl (C=O) groups is 1. The summed E-state index contributed by atoms with van der Waals surface area (Å²) in [5.74, 6) is -0.475. The van der Waals surface area contributed by atoms with Crippen LogP contribution in [0.5, 0.6) is 0 Å². The first kappa shape index (κ1) is 17.1. The molecule has 1 aromatic carbocycles. The molecule has 1 N–H and O–H groups in total. The second kappa shape index (κ2) is 9.91. The average molecular weight is 290 g/mol. The Morgan fingerprint density at radius 1 is 1.38 bits per heavy atom. The fourth-order valence-corrected chi connectivity index (χ4v) is 1.74. The molecule has 0 aliphatic rings. The first-order valence-electron chi connectivity index (χ1n) is 6.96. The van der Waals surface area contributed by atoms with Crippen molar-refractivity contribution in [3.8, 4) is 0 Å². The summed E-state index contributed by atoms with van der Waals surface area (Å²) < 4.78 is 10.5. The molecule has 4 heteroatoms. The van der Waals surface area contributed by atoms with E-state index < -0.39 is 18.2 Å². The predicted octanol–water partition coefficient (Wildman–Crippen LogP) is 2.63. The Morgan fingerprint density at radius 2 is 2.10 bits per heavy atom. The summed E-state index contributed by atoms with van der Waals surface area (Å²) in [6.07, 6.45) is 3.43. The Bertz CT molecular complexity index is 453. The lowest BCUT2D eigenvalue weighted by Crippen LogP contribution is -2.27. The van der Waals surface area contributed by atoms with E-state index in [2.05, 4.69) is 6.58 Å². The summed E-state index contributed by atoms with van der Waals surface area (Å²) in [5, 5.41) is 10.1. The van der Waals surface area contributed by atoms with Gasteiger partial charge in [-0.25, -0.2) is 4.79 Å². The number of benzene rings is 1. The topological polar surface area (TPSA) is 55.8 Å². The molecule has 1 rings (SSSR count). The van der Waals surface area contributed by atoms with Crippen LogP contribution in [0.3, 0.4) is 0 Å². The number of rotatable bonds is 9. The summed E-state index contributed by atoms with van der Waals surface area (Å²) in [5.41, 5.74) is 1.02. The number of esters is 1.